The van der Waals surface area contributed by atoms with E-state index in [0.29, 0.717) is 5.56 Å². The van der Waals surface area contributed by atoms with Crippen LogP contribution in [0.25, 0.3) is 0 Å². The molecule has 0 aliphatic rings. The summed E-state index contributed by atoms with van der Waals surface area (Å²) in [6.45, 7) is 0. The van der Waals surface area contributed by atoms with E-state index >= 15 is 0 Å². The number of aromatic hydroxyl groups is 1. The first-order valence-electron chi connectivity index (χ1n) is 3.04. The predicted molar refractivity (Wildman–Crippen MR) is 58.0 cm³/mol. The molecule has 0 aliphatic heterocycles. The van der Waals surface area contributed by atoms with Crippen LogP contribution in [0.1, 0.15) is 5.56 Å². The van der Waals surface area contributed by atoms with Crippen LogP contribution in [0.15, 0.2) is 18.2 Å². The minimum Gasteiger partial charge on any atom is -0.506 e. The minimum absolute atomic E-state index is 0. The van der Waals surface area contributed by atoms with Crippen LogP contribution in [0.3, 0.4) is 0 Å². The van der Waals surface area contributed by atoms with Crippen LogP contribution in [0.5, 0.6) is 5.75 Å². The number of nitrogen functional groups attached to an aromatic ring is 2. The molecule has 0 atom stereocenters. The van der Waals surface area contributed by atoms with Gasteiger partial charge in [0.05, 0.1) is 5.69 Å². The second-order valence-electron chi connectivity index (χ2n) is 2.19. The molecule has 4 nitrogen and oxygen atoms in total. The molecular formula is C7H11Cl2N3O. The van der Waals surface area contributed by atoms with Gasteiger partial charge in [0.25, 0.3) is 0 Å². The summed E-state index contributed by atoms with van der Waals surface area (Å²) in [7, 11) is 0. The van der Waals surface area contributed by atoms with Crippen LogP contribution in [0, 0.1) is 5.41 Å². The molecule has 0 fully saturated rings. The number of hydrogen-bond donors (Lipinski definition) is 4. The lowest BCUT2D eigenvalue weighted by atomic mass is 10.2. The maximum Gasteiger partial charge on any atom is 0.138 e. The van der Waals surface area contributed by atoms with Crippen LogP contribution < -0.4 is 11.5 Å². The molecule has 0 bridgehead atoms. The summed E-state index contributed by atoms with van der Waals surface area (Å²) < 4.78 is 0. The molecule has 0 saturated carbocycles. The summed E-state index contributed by atoms with van der Waals surface area (Å²) in [6, 6.07) is 4.40. The molecule has 1 rings (SSSR count). The topological polar surface area (TPSA) is 96.1 Å². The normalized spacial score (nSPS) is 8.00. The molecule has 0 saturated heterocycles. The Labute approximate surface area is 88.3 Å². The molecule has 0 spiro atoms. The number of rotatable bonds is 1. The van der Waals surface area contributed by atoms with Gasteiger partial charge in [-0.3, -0.25) is 5.41 Å². The van der Waals surface area contributed by atoms with Gasteiger partial charge in [0.15, 0.2) is 0 Å². The molecule has 1 aromatic rings. The zero-order valence-electron chi connectivity index (χ0n) is 6.65. The Kier molecular flexibility index (Phi) is 6.10. The fourth-order valence-corrected chi connectivity index (χ4v) is 0.722. The summed E-state index contributed by atoms with van der Waals surface area (Å²) in [4.78, 5) is 0. The maximum absolute atomic E-state index is 8.99. The van der Waals surface area contributed by atoms with Gasteiger partial charge in [-0.15, -0.1) is 24.8 Å². The molecule has 13 heavy (non-hydrogen) atoms. The second kappa shape index (κ2) is 5.50. The summed E-state index contributed by atoms with van der Waals surface area (Å²) in [6.07, 6.45) is 0. The number of phenols is 1. The lowest BCUT2D eigenvalue weighted by molar-refractivity contribution is 0.478. The molecule has 6 heteroatoms. The number of nitrogens with one attached hydrogen (secondary N) is 1. The van der Waals surface area contributed by atoms with Gasteiger partial charge in [-0.2, -0.15) is 0 Å². The minimum atomic E-state index is -0.0586. The van der Waals surface area contributed by atoms with E-state index in [1.807, 2.05) is 0 Å². The van der Waals surface area contributed by atoms with Crippen molar-refractivity contribution in [2.75, 3.05) is 5.73 Å². The van der Waals surface area contributed by atoms with Crippen molar-refractivity contribution in [3.05, 3.63) is 23.8 Å². The van der Waals surface area contributed by atoms with Gasteiger partial charge in [-0.1, -0.05) is 0 Å². The standard InChI is InChI=1S/C7H9N3O.2ClH/c8-5-3-4(7(9)10)1-2-6(5)11;;/h1-3,11H,8H2,(H3,9,10);2*1H. The molecule has 6 N–H and O–H groups in total. The van der Waals surface area contributed by atoms with Gasteiger partial charge in [-0.05, 0) is 18.2 Å². The van der Waals surface area contributed by atoms with Crippen molar-refractivity contribution in [1.29, 1.82) is 5.41 Å². The molecular weight excluding hydrogens is 213 g/mol. The Hall–Kier alpha value is -1.13. The third-order valence-corrected chi connectivity index (χ3v) is 1.34. The highest BCUT2D eigenvalue weighted by Gasteiger charge is 1.99. The van der Waals surface area contributed by atoms with Crippen molar-refractivity contribution in [2.24, 2.45) is 5.73 Å². The quantitative estimate of drug-likeness (QED) is 0.249. The Morgan fingerprint density at radius 1 is 1.31 bits per heavy atom. The molecule has 0 aromatic heterocycles. The number of benzene rings is 1. The fourth-order valence-electron chi connectivity index (χ4n) is 0.722. The van der Waals surface area contributed by atoms with Crippen LogP contribution in [-0.4, -0.2) is 10.9 Å². The van der Waals surface area contributed by atoms with Crippen molar-refractivity contribution < 1.29 is 5.11 Å². The number of phenolic OH excluding ortho intramolecular Hbond substituents is 1. The van der Waals surface area contributed by atoms with E-state index in [0.717, 1.165) is 0 Å². The molecule has 1 aromatic carbocycles. The average Bonchev–Trinajstić information content (AvgIpc) is 1.94. The number of hydrogen-bond acceptors (Lipinski definition) is 3. The molecule has 0 radical (unpaired) electrons. The molecule has 0 heterocycles. The van der Waals surface area contributed by atoms with Gasteiger partial charge in [0.1, 0.15) is 11.6 Å². The third-order valence-electron chi connectivity index (χ3n) is 1.34. The lowest BCUT2D eigenvalue weighted by Gasteiger charge is -2.00. The Balaban J connectivity index is 0. The van der Waals surface area contributed by atoms with Crippen molar-refractivity contribution in [1.82, 2.24) is 0 Å². The first-order valence-corrected chi connectivity index (χ1v) is 3.04. The second-order valence-corrected chi connectivity index (χ2v) is 2.19. The van der Waals surface area contributed by atoms with Gasteiger partial charge in [0, 0.05) is 5.56 Å². The van der Waals surface area contributed by atoms with Crippen LogP contribution in [0.2, 0.25) is 0 Å². The van der Waals surface area contributed by atoms with Gasteiger partial charge in [0.2, 0.25) is 0 Å². The zero-order valence-corrected chi connectivity index (χ0v) is 8.28. The molecule has 0 aliphatic carbocycles. The van der Waals surface area contributed by atoms with Crippen molar-refractivity contribution >= 4 is 36.3 Å². The van der Waals surface area contributed by atoms with Gasteiger partial charge in [-0.25, -0.2) is 0 Å². The Morgan fingerprint density at radius 3 is 2.23 bits per heavy atom. The fraction of sp³-hybridized carbons (Fsp3) is 0. The number of nitrogens with two attached hydrogens (primary N) is 2. The lowest BCUT2D eigenvalue weighted by Crippen LogP contribution is -2.10. The number of anilines is 1. The molecule has 74 valence electrons. The largest absolute Gasteiger partial charge is 0.506 e. The Morgan fingerprint density at radius 2 is 1.85 bits per heavy atom. The first kappa shape index (κ1) is 14.4. The summed E-state index contributed by atoms with van der Waals surface area (Å²) in [5.41, 5.74) is 11.3. The van der Waals surface area contributed by atoms with Gasteiger partial charge >= 0.3 is 0 Å². The summed E-state index contributed by atoms with van der Waals surface area (Å²) in [5, 5.41) is 16.0. The monoisotopic (exact) mass is 223 g/mol. The molecule has 0 unspecified atom stereocenters. The zero-order chi connectivity index (χ0) is 8.43. The van der Waals surface area contributed by atoms with E-state index in [2.05, 4.69) is 0 Å². The van der Waals surface area contributed by atoms with E-state index in [9.17, 15) is 0 Å². The number of halogens is 2. The maximum atomic E-state index is 8.99. The van der Waals surface area contributed by atoms with E-state index in [4.69, 9.17) is 22.0 Å². The summed E-state index contributed by atoms with van der Waals surface area (Å²) >= 11 is 0. The van der Waals surface area contributed by atoms with E-state index in [1.54, 1.807) is 0 Å². The predicted octanol–water partition coefficient (Wildman–Crippen LogP) is 1.10. The van der Waals surface area contributed by atoms with Crippen molar-refractivity contribution in [2.45, 2.75) is 0 Å². The van der Waals surface area contributed by atoms with E-state index < -0.39 is 0 Å². The first-order chi connectivity index (χ1) is 5.11. The van der Waals surface area contributed by atoms with Crippen molar-refractivity contribution in [3.63, 3.8) is 0 Å². The van der Waals surface area contributed by atoms with Crippen molar-refractivity contribution in [3.8, 4) is 5.75 Å². The number of amidine groups is 1. The average molecular weight is 224 g/mol. The third kappa shape index (κ3) is 3.40. The highest BCUT2D eigenvalue weighted by Crippen LogP contribution is 2.19. The highest BCUT2D eigenvalue weighted by molar-refractivity contribution is 5.96. The summed E-state index contributed by atoms with van der Waals surface area (Å²) in [5.74, 6) is -0.0494. The highest BCUT2D eigenvalue weighted by atomic mass is 35.5. The molecule has 0 amide bonds. The smallest absolute Gasteiger partial charge is 0.138 e. The van der Waals surface area contributed by atoms with Crippen LogP contribution >= 0.6 is 24.8 Å². The SMILES string of the molecule is Cl.Cl.N=C(N)c1ccc(O)c(N)c1. The van der Waals surface area contributed by atoms with Crippen LogP contribution in [0.4, 0.5) is 5.69 Å². The van der Waals surface area contributed by atoms with Crippen LogP contribution in [-0.2, 0) is 0 Å². The van der Waals surface area contributed by atoms with E-state index in [1.165, 1.54) is 18.2 Å². The van der Waals surface area contributed by atoms with Gasteiger partial charge < -0.3 is 16.6 Å². The van der Waals surface area contributed by atoms with E-state index in [-0.39, 0.29) is 42.1 Å². The Bertz CT molecular complexity index is 304.